The number of anilines is 1. The van der Waals surface area contributed by atoms with Gasteiger partial charge in [0.1, 0.15) is 0 Å². The second kappa shape index (κ2) is 6.78. The Hall–Kier alpha value is -1.12. The highest BCUT2D eigenvalue weighted by atomic mass is 32.2. The van der Waals surface area contributed by atoms with Crippen LogP contribution in [0.4, 0.5) is 5.69 Å². The Balaban J connectivity index is 2.36. The predicted molar refractivity (Wildman–Crippen MR) is 91.6 cm³/mol. The lowest BCUT2D eigenvalue weighted by atomic mass is 10.2. The van der Waals surface area contributed by atoms with Crippen LogP contribution >= 0.6 is 0 Å². The normalized spacial score (nSPS) is 17.4. The van der Waals surface area contributed by atoms with Gasteiger partial charge in [0.2, 0.25) is 0 Å². The molecule has 130 valence electrons. The third kappa shape index (κ3) is 4.45. The maximum absolute atomic E-state index is 12.1. The third-order valence-corrected chi connectivity index (χ3v) is 6.25. The van der Waals surface area contributed by atoms with E-state index in [4.69, 9.17) is 0 Å². The van der Waals surface area contributed by atoms with E-state index in [1.807, 2.05) is 4.90 Å². The molecular formula is C15H24N2O4S2. The van der Waals surface area contributed by atoms with Crippen LogP contribution in [0.15, 0.2) is 28.0 Å². The quantitative estimate of drug-likeness (QED) is 0.781. The monoisotopic (exact) mass is 360 g/mol. The molecule has 0 aliphatic carbocycles. The van der Waals surface area contributed by atoms with E-state index in [1.165, 1.54) is 12.1 Å². The van der Waals surface area contributed by atoms with Gasteiger partial charge in [0.15, 0.2) is 19.7 Å². The third-order valence-electron chi connectivity index (χ3n) is 4.01. The summed E-state index contributed by atoms with van der Waals surface area (Å²) in [6, 6.07) is 4.37. The molecule has 1 fully saturated rings. The van der Waals surface area contributed by atoms with Gasteiger partial charge in [0.05, 0.1) is 15.5 Å². The van der Waals surface area contributed by atoms with Crippen LogP contribution in [0, 0.1) is 0 Å². The van der Waals surface area contributed by atoms with Crippen molar-refractivity contribution in [3.63, 3.8) is 0 Å². The molecule has 0 spiro atoms. The molecule has 1 aromatic carbocycles. The van der Waals surface area contributed by atoms with Crippen LogP contribution in [0.2, 0.25) is 0 Å². The van der Waals surface area contributed by atoms with Crippen molar-refractivity contribution in [2.75, 3.05) is 50.1 Å². The first kappa shape index (κ1) is 18.2. The van der Waals surface area contributed by atoms with Gasteiger partial charge in [-0.15, -0.1) is 0 Å². The fraction of sp³-hybridized carbons (Fsp3) is 0.600. The van der Waals surface area contributed by atoms with Gasteiger partial charge < -0.3 is 4.90 Å². The van der Waals surface area contributed by atoms with E-state index in [0.29, 0.717) is 5.69 Å². The molecular weight excluding hydrogens is 336 g/mol. The molecule has 0 saturated carbocycles. The summed E-state index contributed by atoms with van der Waals surface area (Å²) < 4.78 is 47.6. The van der Waals surface area contributed by atoms with Gasteiger partial charge in [0.25, 0.3) is 0 Å². The van der Waals surface area contributed by atoms with Gasteiger partial charge in [0, 0.05) is 38.7 Å². The zero-order chi connectivity index (χ0) is 17.3. The average molecular weight is 361 g/mol. The molecule has 0 bridgehead atoms. The van der Waals surface area contributed by atoms with Gasteiger partial charge in [-0.25, -0.2) is 16.8 Å². The van der Waals surface area contributed by atoms with E-state index >= 15 is 0 Å². The molecule has 1 saturated heterocycles. The Morgan fingerprint density at radius 3 is 2.04 bits per heavy atom. The van der Waals surface area contributed by atoms with Crippen molar-refractivity contribution in [2.45, 2.75) is 23.1 Å². The number of piperazine rings is 1. The lowest BCUT2D eigenvalue weighted by Crippen LogP contribution is -2.46. The van der Waals surface area contributed by atoms with E-state index in [9.17, 15) is 16.8 Å². The Morgan fingerprint density at radius 2 is 1.57 bits per heavy atom. The number of hydrogen-bond acceptors (Lipinski definition) is 6. The second-order valence-electron chi connectivity index (χ2n) is 6.00. The van der Waals surface area contributed by atoms with Gasteiger partial charge in [-0.3, -0.25) is 4.90 Å². The van der Waals surface area contributed by atoms with E-state index < -0.39 is 19.7 Å². The van der Waals surface area contributed by atoms with Crippen molar-refractivity contribution in [3.05, 3.63) is 18.2 Å². The summed E-state index contributed by atoms with van der Waals surface area (Å²) in [4.78, 5) is 4.49. The standard InChI is InChI=1S/C15H24N2O4S2/c1-4-7-16-8-10-17(11-9-16)14-6-5-13(22(2,18)19)12-15(14)23(3,20)21/h5-6,12H,4,7-11H2,1-3H3. The SMILES string of the molecule is CCCN1CCN(c2ccc(S(C)(=O)=O)cc2S(C)(=O)=O)CC1. The highest BCUT2D eigenvalue weighted by Crippen LogP contribution is 2.29. The van der Waals surface area contributed by atoms with E-state index in [2.05, 4.69) is 11.8 Å². The predicted octanol–water partition coefficient (Wildman–Crippen LogP) is 1.03. The lowest BCUT2D eigenvalue weighted by molar-refractivity contribution is 0.258. The van der Waals surface area contributed by atoms with Crippen LogP contribution in [0.1, 0.15) is 13.3 Å². The Labute approximate surface area is 138 Å². The molecule has 0 atom stereocenters. The number of hydrogen-bond donors (Lipinski definition) is 0. The Morgan fingerprint density at radius 1 is 0.957 bits per heavy atom. The van der Waals surface area contributed by atoms with E-state index in [1.54, 1.807) is 6.07 Å². The zero-order valence-electron chi connectivity index (χ0n) is 13.8. The fourth-order valence-corrected chi connectivity index (χ4v) is 4.45. The highest BCUT2D eigenvalue weighted by Gasteiger charge is 2.24. The molecule has 1 aromatic rings. The number of nitrogens with zero attached hydrogens (tertiary/aromatic N) is 2. The minimum Gasteiger partial charge on any atom is -0.368 e. The van der Waals surface area contributed by atoms with Gasteiger partial charge in [-0.1, -0.05) is 6.92 Å². The number of sulfone groups is 2. The minimum absolute atomic E-state index is 0.0336. The smallest absolute Gasteiger partial charge is 0.177 e. The first-order chi connectivity index (χ1) is 10.6. The molecule has 0 radical (unpaired) electrons. The second-order valence-corrected chi connectivity index (χ2v) is 10.0. The number of benzene rings is 1. The summed E-state index contributed by atoms with van der Waals surface area (Å²) in [5, 5.41) is 0. The fourth-order valence-electron chi connectivity index (χ4n) is 2.81. The molecule has 6 nitrogen and oxygen atoms in total. The maximum Gasteiger partial charge on any atom is 0.177 e. The maximum atomic E-state index is 12.1. The highest BCUT2D eigenvalue weighted by molar-refractivity contribution is 7.91. The molecule has 1 aliphatic rings. The first-order valence-electron chi connectivity index (χ1n) is 7.64. The van der Waals surface area contributed by atoms with Crippen LogP contribution in [0.25, 0.3) is 0 Å². The number of rotatable bonds is 5. The van der Waals surface area contributed by atoms with Crippen molar-refractivity contribution in [2.24, 2.45) is 0 Å². The van der Waals surface area contributed by atoms with Crippen LogP contribution in [-0.4, -0.2) is 67.0 Å². The summed E-state index contributed by atoms with van der Waals surface area (Å²) in [7, 11) is -6.95. The molecule has 1 aliphatic heterocycles. The first-order valence-corrected chi connectivity index (χ1v) is 11.4. The van der Waals surface area contributed by atoms with Crippen LogP contribution in [-0.2, 0) is 19.7 Å². The topological polar surface area (TPSA) is 74.8 Å². The van der Waals surface area contributed by atoms with Crippen molar-refractivity contribution in [1.82, 2.24) is 4.90 Å². The molecule has 0 unspecified atom stereocenters. The summed E-state index contributed by atoms with van der Waals surface area (Å²) in [5.41, 5.74) is 0.594. The van der Waals surface area contributed by atoms with Crippen molar-refractivity contribution in [3.8, 4) is 0 Å². The molecule has 0 aromatic heterocycles. The van der Waals surface area contributed by atoms with Gasteiger partial charge >= 0.3 is 0 Å². The summed E-state index contributed by atoms with van der Waals surface area (Å²) >= 11 is 0. The molecule has 8 heteroatoms. The summed E-state index contributed by atoms with van der Waals surface area (Å²) in [5.74, 6) is 0. The van der Waals surface area contributed by atoms with Crippen molar-refractivity contribution in [1.29, 1.82) is 0 Å². The van der Waals surface area contributed by atoms with E-state index in [-0.39, 0.29) is 9.79 Å². The minimum atomic E-state index is -3.51. The van der Waals surface area contributed by atoms with Gasteiger partial charge in [-0.2, -0.15) is 0 Å². The molecule has 0 amide bonds. The van der Waals surface area contributed by atoms with Crippen molar-refractivity contribution < 1.29 is 16.8 Å². The molecule has 2 rings (SSSR count). The van der Waals surface area contributed by atoms with Gasteiger partial charge in [-0.05, 0) is 31.2 Å². The summed E-state index contributed by atoms with van der Waals surface area (Å²) in [6.07, 6.45) is 3.29. The molecule has 1 heterocycles. The van der Waals surface area contributed by atoms with E-state index in [0.717, 1.165) is 51.7 Å². The average Bonchev–Trinajstić information content (AvgIpc) is 2.46. The van der Waals surface area contributed by atoms with Crippen LogP contribution in [0.3, 0.4) is 0 Å². The molecule has 23 heavy (non-hydrogen) atoms. The van der Waals surface area contributed by atoms with Crippen molar-refractivity contribution >= 4 is 25.4 Å². The Kier molecular flexibility index (Phi) is 5.37. The lowest BCUT2D eigenvalue weighted by Gasteiger charge is -2.36. The van der Waals surface area contributed by atoms with Crippen LogP contribution in [0.5, 0.6) is 0 Å². The zero-order valence-corrected chi connectivity index (χ0v) is 15.5. The molecule has 0 N–H and O–H groups in total. The Bertz CT molecular complexity index is 765. The largest absolute Gasteiger partial charge is 0.368 e. The van der Waals surface area contributed by atoms with Crippen LogP contribution < -0.4 is 4.90 Å². The summed E-state index contributed by atoms with van der Waals surface area (Å²) in [6.45, 7) is 6.41.